The molecule has 0 radical (unpaired) electrons. The molecule has 0 aromatic carbocycles. The number of hydrogen-bond donors (Lipinski definition) is 2. The van der Waals surface area contributed by atoms with Crippen molar-refractivity contribution in [1.82, 2.24) is 4.57 Å². The highest BCUT2D eigenvalue weighted by Gasteiger charge is 2.00. The molecule has 3 nitrogen and oxygen atoms in total. The van der Waals surface area contributed by atoms with Crippen molar-refractivity contribution in [3.05, 3.63) is 24.5 Å². The average molecular weight is 141 g/mol. The maximum absolute atomic E-state index is 8.96. The summed E-state index contributed by atoms with van der Waals surface area (Å²) in [4.78, 5) is 0. The van der Waals surface area contributed by atoms with Crippen molar-refractivity contribution in [2.24, 2.45) is 0 Å². The molecule has 0 aliphatic rings. The Bertz CT molecular complexity index is 172. The zero-order valence-corrected chi connectivity index (χ0v) is 5.64. The van der Waals surface area contributed by atoms with Gasteiger partial charge in [0.25, 0.3) is 0 Å². The molecule has 0 aliphatic heterocycles. The van der Waals surface area contributed by atoms with Gasteiger partial charge in [-0.15, -0.1) is 0 Å². The Kier molecular flexibility index (Phi) is 2.48. The van der Waals surface area contributed by atoms with E-state index in [1.807, 2.05) is 29.1 Å². The number of aliphatic hydroxyl groups is 2. The fourth-order valence-corrected chi connectivity index (χ4v) is 0.793. The van der Waals surface area contributed by atoms with Crippen LogP contribution in [0.1, 0.15) is 0 Å². The normalized spacial score (nSPS) is 13.4. The highest BCUT2D eigenvalue weighted by Crippen LogP contribution is 1.92. The number of aliphatic hydroxyl groups excluding tert-OH is 2. The standard InChI is InChI=1S/C7H11NO2/c9-6-7(10)5-8-3-1-2-4-8/h1-4,7,9-10H,5-6H2/t7-/m0/s1. The van der Waals surface area contributed by atoms with E-state index in [9.17, 15) is 0 Å². The van der Waals surface area contributed by atoms with Crippen molar-refractivity contribution in [3.63, 3.8) is 0 Å². The molecule has 10 heavy (non-hydrogen) atoms. The second-order valence-electron chi connectivity index (χ2n) is 2.22. The van der Waals surface area contributed by atoms with Crippen LogP contribution in [-0.4, -0.2) is 27.5 Å². The van der Waals surface area contributed by atoms with Crippen LogP contribution >= 0.6 is 0 Å². The Morgan fingerprint density at radius 2 is 1.90 bits per heavy atom. The van der Waals surface area contributed by atoms with Gasteiger partial charge < -0.3 is 14.8 Å². The third kappa shape index (κ3) is 1.86. The molecule has 0 saturated carbocycles. The molecule has 1 aromatic heterocycles. The van der Waals surface area contributed by atoms with Crippen molar-refractivity contribution in [2.45, 2.75) is 12.6 Å². The number of aromatic nitrogens is 1. The molecule has 1 atom stereocenters. The maximum atomic E-state index is 8.96. The predicted molar refractivity (Wildman–Crippen MR) is 37.5 cm³/mol. The lowest BCUT2D eigenvalue weighted by Gasteiger charge is -2.06. The van der Waals surface area contributed by atoms with E-state index in [-0.39, 0.29) is 6.61 Å². The lowest BCUT2D eigenvalue weighted by atomic mass is 10.4. The Balaban J connectivity index is 2.40. The summed E-state index contributed by atoms with van der Waals surface area (Å²) in [5.74, 6) is 0. The van der Waals surface area contributed by atoms with E-state index in [0.717, 1.165) is 0 Å². The van der Waals surface area contributed by atoms with Gasteiger partial charge in [0.2, 0.25) is 0 Å². The monoisotopic (exact) mass is 141 g/mol. The first-order chi connectivity index (χ1) is 4.83. The third-order valence-corrected chi connectivity index (χ3v) is 1.30. The van der Waals surface area contributed by atoms with E-state index >= 15 is 0 Å². The highest BCUT2D eigenvalue weighted by atomic mass is 16.3. The van der Waals surface area contributed by atoms with Gasteiger partial charge >= 0.3 is 0 Å². The van der Waals surface area contributed by atoms with Crippen LogP contribution < -0.4 is 0 Å². The largest absolute Gasteiger partial charge is 0.394 e. The van der Waals surface area contributed by atoms with Gasteiger partial charge in [-0.1, -0.05) is 0 Å². The zero-order valence-electron chi connectivity index (χ0n) is 5.64. The molecule has 0 spiro atoms. The van der Waals surface area contributed by atoms with Crippen LogP contribution in [-0.2, 0) is 6.54 Å². The van der Waals surface area contributed by atoms with Gasteiger partial charge in [-0.25, -0.2) is 0 Å². The minimum Gasteiger partial charge on any atom is -0.394 e. The minimum absolute atomic E-state index is 0.182. The van der Waals surface area contributed by atoms with Crippen LogP contribution in [0.2, 0.25) is 0 Å². The van der Waals surface area contributed by atoms with Crippen molar-refractivity contribution in [2.75, 3.05) is 6.61 Å². The van der Waals surface area contributed by atoms with Gasteiger partial charge in [0.05, 0.1) is 19.3 Å². The molecule has 1 rings (SSSR count). The third-order valence-electron chi connectivity index (χ3n) is 1.30. The quantitative estimate of drug-likeness (QED) is 0.614. The summed E-state index contributed by atoms with van der Waals surface area (Å²) in [7, 11) is 0. The lowest BCUT2D eigenvalue weighted by molar-refractivity contribution is 0.0813. The first kappa shape index (κ1) is 7.31. The lowest BCUT2D eigenvalue weighted by Crippen LogP contribution is -2.18. The molecule has 1 heterocycles. The van der Waals surface area contributed by atoms with Gasteiger partial charge in [0.15, 0.2) is 0 Å². The molecule has 0 aliphatic carbocycles. The van der Waals surface area contributed by atoms with Gasteiger partial charge in [-0.2, -0.15) is 0 Å². The molecule has 3 heteroatoms. The van der Waals surface area contributed by atoms with Crippen LogP contribution in [0.15, 0.2) is 24.5 Å². The van der Waals surface area contributed by atoms with Gasteiger partial charge in [-0.3, -0.25) is 0 Å². The highest BCUT2D eigenvalue weighted by molar-refractivity contribution is 4.90. The maximum Gasteiger partial charge on any atom is 0.0949 e. The van der Waals surface area contributed by atoms with Crippen molar-refractivity contribution < 1.29 is 10.2 Å². The summed E-state index contributed by atoms with van der Waals surface area (Å²) in [6.45, 7) is 0.279. The van der Waals surface area contributed by atoms with E-state index < -0.39 is 6.10 Å². The van der Waals surface area contributed by atoms with Crippen molar-refractivity contribution in [1.29, 1.82) is 0 Å². The van der Waals surface area contributed by atoms with Crippen molar-refractivity contribution >= 4 is 0 Å². The molecular weight excluding hydrogens is 130 g/mol. The van der Waals surface area contributed by atoms with E-state index in [1.54, 1.807) is 0 Å². The minimum atomic E-state index is -0.646. The molecular formula is C7H11NO2. The molecule has 56 valence electrons. The average Bonchev–Trinajstić information content (AvgIpc) is 2.40. The number of nitrogens with zero attached hydrogens (tertiary/aromatic N) is 1. The Morgan fingerprint density at radius 3 is 2.40 bits per heavy atom. The SMILES string of the molecule is OC[C@@H](O)Cn1cccc1. The summed E-state index contributed by atoms with van der Waals surface area (Å²) in [5, 5.41) is 17.4. The summed E-state index contributed by atoms with van der Waals surface area (Å²) in [6.07, 6.45) is 3.05. The Labute approximate surface area is 59.5 Å². The Morgan fingerprint density at radius 1 is 1.30 bits per heavy atom. The first-order valence-electron chi connectivity index (χ1n) is 3.22. The predicted octanol–water partition coefficient (Wildman–Crippen LogP) is -0.159. The zero-order chi connectivity index (χ0) is 7.40. The molecule has 0 unspecified atom stereocenters. The van der Waals surface area contributed by atoms with E-state index in [1.165, 1.54) is 0 Å². The Hall–Kier alpha value is -0.800. The second-order valence-corrected chi connectivity index (χ2v) is 2.22. The van der Waals surface area contributed by atoms with Crippen molar-refractivity contribution in [3.8, 4) is 0 Å². The van der Waals surface area contributed by atoms with E-state index in [2.05, 4.69) is 0 Å². The van der Waals surface area contributed by atoms with Gasteiger partial charge in [-0.05, 0) is 12.1 Å². The molecule has 0 saturated heterocycles. The topological polar surface area (TPSA) is 45.4 Å². The van der Waals surface area contributed by atoms with E-state index in [0.29, 0.717) is 6.54 Å². The van der Waals surface area contributed by atoms with Gasteiger partial charge in [0.1, 0.15) is 0 Å². The van der Waals surface area contributed by atoms with E-state index in [4.69, 9.17) is 10.2 Å². The summed E-state index contributed by atoms with van der Waals surface area (Å²) in [5.41, 5.74) is 0. The van der Waals surface area contributed by atoms with Crippen LogP contribution in [0.3, 0.4) is 0 Å². The molecule has 2 N–H and O–H groups in total. The molecule has 0 fully saturated rings. The number of hydrogen-bond acceptors (Lipinski definition) is 2. The molecule has 0 bridgehead atoms. The molecule has 0 amide bonds. The second kappa shape index (κ2) is 3.39. The summed E-state index contributed by atoms with van der Waals surface area (Å²) in [6, 6.07) is 3.76. The summed E-state index contributed by atoms with van der Waals surface area (Å²) < 4.78 is 1.82. The van der Waals surface area contributed by atoms with Crippen LogP contribution in [0.25, 0.3) is 0 Å². The van der Waals surface area contributed by atoms with Crippen LogP contribution in [0.4, 0.5) is 0 Å². The first-order valence-corrected chi connectivity index (χ1v) is 3.22. The number of rotatable bonds is 3. The smallest absolute Gasteiger partial charge is 0.0949 e. The summed E-state index contributed by atoms with van der Waals surface area (Å²) >= 11 is 0. The van der Waals surface area contributed by atoms with Gasteiger partial charge in [0, 0.05) is 12.4 Å². The fraction of sp³-hybridized carbons (Fsp3) is 0.429. The van der Waals surface area contributed by atoms with Crippen LogP contribution in [0, 0.1) is 0 Å². The van der Waals surface area contributed by atoms with Crippen LogP contribution in [0.5, 0.6) is 0 Å². The molecule has 1 aromatic rings. The fourth-order valence-electron chi connectivity index (χ4n) is 0.793.